The first-order valence-electron chi connectivity index (χ1n) is 5.76. The molecule has 102 valence electrons. The predicted octanol–water partition coefficient (Wildman–Crippen LogP) is -0.778. The van der Waals surface area contributed by atoms with Gasteiger partial charge in [-0.2, -0.15) is 0 Å². The van der Waals surface area contributed by atoms with Crippen molar-refractivity contribution in [2.45, 2.75) is 30.9 Å². The van der Waals surface area contributed by atoms with Crippen LogP contribution < -0.4 is 10.5 Å². The van der Waals surface area contributed by atoms with Crippen molar-refractivity contribution in [2.24, 2.45) is 5.73 Å². The number of hydrogen-bond donors (Lipinski definition) is 2. The molecule has 0 bridgehead atoms. The lowest BCUT2D eigenvalue weighted by molar-refractivity contribution is 0.568. The summed E-state index contributed by atoms with van der Waals surface area (Å²) in [4.78, 5) is 0. The summed E-state index contributed by atoms with van der Waals surface area (Å²) in [6.07, 6.45) is 2.33. The van der Waals surface area contributed by atoms with Crippen LogP contribution in [0, 0.1) is 0 Å². The Kier molecular flexibility index (Phi) is 5.36. The summed E-state index contributed by atoms with van der Waals surface area (Å²) in [5.74, 6) is 0.184. The van der Waals surface area contributed by atoms with E-state index in [1.54, 1.807) is 0 Å². The largest absolute Gasteiger partial charge is 0.330 e. The van der Waals surface area contributed by atoms with Crippen LogP contribution in [0.3, 0.4) is 0 Å². The van der Waals surface area contributed by atoms with Gasteiger partial charge in [0, 0.05) is 6.54 Å². The minimum absolute atomic E-state index is 0.00723. The van der Waals surface area contributed by atoms with E-state index in [2.05, 4.69) is 4.72 Å². The summed E-state index contributed by atoms with van der Waals surface area (Å²) in [6, 6.07) is 0. The van der Waals surface area contributed by atoms with Crippen LogP contribution in [-0.2, 0) is 19.9 Å². The van der Waals surface area contributed by atoms with Gasteiger partial charge in [0.1, 0.15) is 0 Å². The molecule has 0 amide bonds. The molecule has 1 unspecified atom stereocenters. The number of nitrogens with one attached hydrogen (secondary N) is 1. The molecule has 1 aliphatic heterocycles. The van der Waals surface area contributed by atoms with Crippen molar-refractivity contribution < 1.29 is 16.8 Å². The molecule has 1 saturated heterocycles. The molecular weight excluding hydrogens is 264 g/mol. The molecule has 0 aliphatic carbocycles. The maximum Gasteiger partial charge on any atom is 0.211 e. The second kappa shape index (κ2) is 6.12. The van der Waals surface area contributed by atoms with Crippen LogP contribution in [0.4, 0.5) is 0 Å². The standard InChI is InChI=1S/C9H20N2O4S2/c10-5-1-2-7-17(14,15)11-8-9-4-3-6-16(9,12)13/h9,11H,1-8,10H2. The zero-order valence-corrected chi connectivity index (χ0v) is 11.4. The van der Waals surface area contributed by atoms with Gasteiger partial charge in [0.2, 0.25) is 10.0 Å². The molecule has 0 aromatic heterocycles. The highest BCUT2D eigenvalue weighted by Crippen LogP contribution is 2.19. The zero-order valence-electron chi connectivity index (χ0n) is 9.76. The zero-order chi connectivity index (χ0) is 12.9. The summed E-state index contributed by atoms with van der Waals surface area (Å²) >= 11 is 0. The van der Waals surface area contributed by atoms with Crippen molar-refractivity contribution in [1.82, 2.24) is 4.72 Å². The quantitative estimate of drug-likeness (QED) is 0.597. The predicted molar refractivity (Wildman–Crippen MR) is 66.9 cm³/mol. The van der Waals surface area contributed by atoms with E-state index in [9.17, 15) is 16.8 Å². The third-order valence-electron chi connectivity index (χ3n) is 2.86. The molecule has 0 spiro atoms. The number of nitrogens with two attached hydrogens (primary N) is 1. The summed E-state index contributed by atoms with van der Waals surface area (Å²) in [7, 11) is -6.44. The van der Waals surface area contributed by atoms with Gasteiger partial charge in [0.15, 0.2) is 9.84 Å². The monoisotopic (exact) mass is 284 g/mol. The normalized spacial score (nSPS) is 23.9. The summed E-state index contributed by atoms with van der Waals surface area (Å²) < 4.78 is 48.4. The van der Waals surface area contributed by atoms with Crippen molar-refractivity contribution >= 4 is 19.9 Å². The fourth-order valence-corrected chi connectivity index (χ4v) is 4.87. The molecule has 1 atom stereocenters. The molecular formula is C9H20N2O4S2. The molecule has 6 nitrogen and oxygen atoms in total. The summed E-state index contributed by atoms with van der Waals surface area (Å²) in [5.41, 5.74) is 5.27. The average molecular weight is 284 g/mol. The van der Waals surface area contributed by atoms with Crippen LogP contribution in [0.2, 0.25) is 0 Å². The second-order valence-corrected chi connectivity index (χ2v) is 8.62. The van der Waals surface area contributed by atoms with E-state index in [0.717, 1.165) is 0 Å². The van der Waals surface area contributed by atoms with Crippen LogP contribution in [-0.4, -0.2) is 46.7 Å². The first-order chi connectivity index (χ1) is 7.87. The fraction of sp³-hybridized carbons (Fsp3) is 1.00. The number of sulfonamides is 1. The van der Waals surface area contributed by atoms with Crippen LogP contribution in [0.15, 0.2) is 0 Å². The van der Waals surface area contributed by atoms with Crippen molar-refractivity contribution in [2.75, 3.05) is 24.6 Å². The van der Waals surface area contributed by atoms with Gasteiger partial charge in [-0.1, -0.05) is 0 Å². The van der Waals surface area contributed by atoms with Gasteiger partial charge in [-0.15, -0.1) is 0 Å². The van der Waals surface area contributed by atoms with E-state index in [-0.39, 0.29) is 18.1 Å². The number of rotatable bonds is 7. The number of hydrogen-bond acceptors (Lipinski definition) is 5. The Labute approximate surface area is 103 Å². The van der Waals surface area contributed by atoms with Crippen molar-refractivity contribution in [3.05, 3.63) is 0 Å². The lowest BCUT2D eigenvalue weighted by atomic mass is 10.2. The number of sulfone groups is 1. The Balaban J connectivity index is 2.39. The Morgan fingerprint density at radius 2 is 2.00 bits per heavy atom. The van der Waals surface area contributed by atoms with Crippen molar-refractivity contribution in [3.63, 3.8) is 0 Å². The smallest absolute Gasteiger partial charge is 0.211 e. The lowest BCUT2D eigenvalue weighted by Gasteiger charge is -2.11. The van der Waals surface area contributed by atoms with Gasteiger partial charge in [0.25, 0.3) is 0 Å². The van der Waals surface area contributed by atoms with Gasteiger partial charge >= 0.3 is 0 Å². The Morgan fingerprint density at radius 3 is 2.53 bits per heavy atom. The molecule has 8 heteroatoms. The maximum absolute atomic E-state index is 11.5. The van der Waals surface area contributed by atoms with Crippen molar-refractivity contribution in [3.8, 4) is 0 Å². The molecule has 17 heavy (non-hydrogen) atoms. The summed E-state index contributed by atoms with van der Waals surface area (Å²) in [6.45, 7) is 0.472. The molecule has 1 aliphatic rings. The highest BCUT2D eigenvalue weighted by molar-refractivity contribution is 7.92. The average Bonchev–Trinajstić information content (AvgIpc) is 2.55. The second-order valence-electron chi connectivity index (χ2n) is 4.29. The Hall–Kier alpha value is -0.180. The third kappa shape index (κ3) is 4.90. The van der Waals surface area contributed by atoms with Crippen LogP contribution >= 0.6 is 0 Å². The molecule has 0 radical (unpaired) electrons. The fourth-order valence-electron chi connectivity index (χ4n) is 1.82. The third-order valence-corrected chi connectivity index (χ3v) is 6.57. The van der Waals surface area contributed by atoms with E-state index >= 15 is 0 Å². The highest BCUT2D eigenvalue weighted by atomic mass is 32.2. The SMILES string of the molecule is NCCCCS(=O)(=O)NCC1CCCS1(=O)=O. The minimum Gasteiger partial charge on any atom is -0.330 e. The molecule has 0 aromatic rings. The van der Waals surface area contributed by atoms with Gasteiger partial charge in [-0.3, -0.25) is 0 Å². The Bertz CT molecular complexity index is 430. The van der Waals surface area contributed by atoms with Crippen LogP contribution in [0.1, 0.15) is 25.7 Å². The van der Waals surface area contributed by atoms with E-state index in [0.29, 0.717) is 32.2 Å². The van der Waals surface area contributed by atoms with Gasteiger partial charge in [-0.25, -0.2) is 21.6 Å². The van der Waals surface area contributed by atoms with Crippen LogP contribution in [0.25, 0.3) is 0 Å². The highest BCUT2D eigenvalue weighted by Gasteiger charge is 2.31. The van der Waals surface area contributed by atoms with E-state index in [4.69, 9.17) is 5.73 Å². The molecule has 1 fully saturated rings. The van der Waals surface area contributed by atoms with Crippen molar-refractivity contribution in [1.29, 1.82) is 0 Å². The lowest BCUT2D eigenvalue weighted by Crippen LogP contribution is -2.35. The first-order valence-corrected chi connectivity index (χ1v) is 9.13. The summed E-state index contributed by atoms with van der Waals surface area (Å²) in [5, 5.41) is -0.549. The molecule has 1 heterocycles. The van der Waals surface area contributed by atoms with E-state index in [1.807, 2.05) is 0 Å². The van der Waals surface area contributed by atoms with E-state index < -0.39 is 25.1 Å². The minimum atomic E-state index is -3.36. The van der Waals surface area contributed by atoms with Gasteiger partial charge in [-0.05, 0) is 32.2 Å². The Morgan fingerprint density at radius 1 is 1.29 bits per heavy atom. The molecule has 1 rings (SSSR count). The molecule has 0 saturated carbocycles. The van der Waals surface area contributed by atoms with E-state index in [1.165, 1.54) is 0 Å². The number of unbranched alkanes of at least 4 members (excludes halogenated alkanes) is 1. The topological polar surface area (TPSA) is 106 Å². The van der Waals surface area contributed by atoms with Gasteiger partial charge in [0.05, 0.1) is 16.8 Å². The molecule has 0 aromatic carbocycles. The maximum atomic E-state index is 11.5. The first kappa shape index (κ1) is 14.9. The van der Waals surface area contributed by atoms with Gasteiger partial charge < -0.3 is 5.73 Å². The van der Waals surface area contributed by atoms with Crippen LogP contribution in [0.5, 0.6) is 0 Å². The molecule has 3 N–H and O–H groups in total.